The smallest absolute Gasteiger partial charge is 0.250 e. The van der Waals surface area contributed by atoms with Crippen LogP contribution in [0.4, 0.5) is 0 Å². The number of para-hydroxylation sites is 1. The van der Waals surface area contributed by atoms with E-state index in [2.05, 4.69) is 23.7 Å². The van der Waals surface area contributed by atoms with Crippen molar-refractivity contribution in [2.75, 3.05) is 13.1 Å². The summed E-state index contributed by atoms with van der Waals surface area (Å²) >= 11 is 0. The maximum Gasteiger partial charge on any atom is 0.250 e. The van der Waals surface area contributed by atoms with Gasteiger partial charge in [0.2, 0.25) is 0 Å². The van der Waals surface area contributed by atoms with Gasteiger partial charge in [-0.15, -0.1) is 0 Å². The molecular formula is C20H30N4O. The monoisotopic (exact) mass is 342 g/mol. The summed E-state index contributed by atoms with van der Waals surface area (Å²) < 4.78 is 0. The molecule has 1 fully saturated rings. The number of unbranched alkanes of at least 4 members (excludes halogenated alkanes) is 2. The van der Waals surface area contributed by atoms with Crippen LogP contribution in [0.25, 0.3) is 11.0 Å². The van der Waals surface area contributed by atoms with Crippen molar-refractivity contribution in [3.63, 3.8) is 0 Å². The van der Waals surface area contributed by atoms with Gasteiger partial charge in [-0.2, -0.15) is 0 Å². The van der Waals surface area contributed by atoms with E-state index in [1.807, 2.05) is 12.1 Å². The Kier molecular flexibility index (Phi) is 5.42. The summed E-state index contributed by atoms with van der Waals surface area (Å²) in [7, 11) is 0. The quantitative estimate of drug-likeness (QED) is 0.724. The van der Waals surface area contributed by atoms with Gasteiger partial charge in [0.15, 0.2) is 0 Å². The number of carbonyl (C=O) groups excluding carboxylic acids is 1. The molecule has 0 saturated heterocycles. The molecule has 136 valence electrons. The number of imidazole rings is 1. The molecule has 1 aliphatic rings. The largest absolute Gasteiger partial charge is 0.366 e. The number of fused-ring (bicyclic) bond motifs is 1. The van der Waals surface area contributed by atoms with Gasteiger partial charge in [-0.1, -0.05) is 32.8 Å². The van der Waals surface area contributed by atoms with Crippen molar-refractivity contribution in [1.82, 2.24) is 14.9 Å². The molecule has 0 spiro atoms. The van der Waals surface area contributed by atoms with Gasteiger partial charge >= 0.3 is 0 Å². The second-order valence-corrected chi connectivity index (χ2v) is 7.23. The summed E-state index contributed by atoms with van der Waals surface area (Å²) in [6.07, 6.45) is 8.30. The number of nitrogens with two attached hydrogens (primary N) is 1. The normalized spacial score (nSPS) is 16.3. The van der Waals surface area contributed by atoms with Crippen molar-refractivity contribution in [3.05, 3.63) is 29.6 Å². The highest BCUT2D eigenvalue weighted by molar-refractivity contribution is 6.04. The Balaban J connectivity index is 1.99. The average molecular weight is 342 g/mol. The summed E-state index contributed by atoms with van der Waals surface area (Å²) in [5.41, 5.74) is 7.65. The number of primary amides is 1. The molecule has 1 amide bonds. The predicted octanol–water partition coefficient (Wildman–Crippen LogP) is 3.94. The molecule has 1 aromatic heterocycles. The maximum atomic E-state index is 11.7. The molecule has 25 heavy (non-hydrogen) atoms. The number of carbonyl (C=O) groups is 1. The third-order valence-corrected chi connectivity index (χ3v) is 5.57. The van der Waals surface area contributed by atoms with E-state index < -0.39 is 5.91 Å². The van der Waals surface area contributed by atoms with Gasteiger partial charge in [0.25, 0.3) is 5.91 Å². The number of amides is 1. The number of hydrogen-bond donors (Lipinski definition) is 2. The van der Waals surface area contributed by atoms with E-state index in [4.69, 9.17) is 10.7 Å². The lowest BCUT2D eigenvalue weighted by Gasteiger charge is -2.49. The van der Waals surface area contributed by atoms with Gasteiger partial charge < -0.3 is 10.7 Å². The molecule has 3 N–H and O–H groups in total. The molecular weight excluding hydrogens is 312 g/mol. The SMILES string of the molecule is CCCCN(CCCC)C1(c2nc3c(C(N)=O)cccc3[nH]2)CCC1. The highest BCUT2D eigenvalue weighted by Gasteiger charge is 2.46. The number of rotatable bonds is 9. The fourth-order valence-electron chi connectivity index (χ4n) is 3.90. The summed E-state index contributed by atoms with van der Waals surface area (Å²) in [6, 6.07) is 5.60. The van der Waals surface area contributed by atoms with Crippen molar-refractivity contribution in [1.29, 1.82) is 0 Å². The average Bonchev–Trinajstić information content (AvgIpc) is 2.99. The zero-order valence-electron chi connectivity index (χ0n) is 15.5. The molecule has 1 aromatic carbocycles. The van der Waals surface area contributed by atoms with Gasteiger partial charge in [0, 0.05) is 0 Å². The fraction of sp³-hybridized carbons (Fsp3) is 0.600. The van der Waals surface area contributed by atoms with Crippen LogP contribution >= 0.6 is 0 Å². The minimum absolute atomic E-state index is 0.00171. The first-order valence-corrected chi connectivity index (χ1v) is 9.66. The van der Waals surface area contributed by atoms with Crippen LogP contribution < -0.4 is 5.73 Å². The van der Waals surface area contributed by atoms with E-state index in [-0.39, 0.29) is 5.54 Å². The Labute approximate surface area is 150 Å². The van der Waals surface area contributed by atoms with E-state index >= 15 is 0 Å². The molecule has 5 heteroatoms. The van der Waals surface area contributed by atoms with E-state index in [1.165, 1.54) is 32.1 Å². The molecule has 0 aliphatic heterocycles. The van der Waals surface area contributed by atoms with Crippen molar-refractivity contribution >= 4 is 16.9 Å². The zero-order valence-corrected chi connectivity index (χ0v) is 15.5. The molecule has 1 heterocycles. The molecule has 0 unspecified atom stereocenters. The van der Waals surface area contributed by atoms with E-state index in [1.54, 1.807) is 6.07 Å². The maximum absolute atomic E-state index is 11.7. The van der Waals surface area contributed by atoms with Gasteiger partial charge in [-0.05, 0) is 57.3 Å². The van der Waals surface area contributed by atoms with E-state index in [0.29, 0.717) is 11.1 Å². The van der Waals surface area contributed by atoms with Crippen molar-refractivity contribution in [3.8, 4) is 0 Å². The highest BCUT2D eigenvalue weighted by Crippen LogP contribution is 2.46. The number of benzene rings is 1. The Hall–Kier alpha value is -1.88. The van der Waals surface area contributed by atoms with Crippen molar-refractivity contribution in [2.24, 2.45) is 5.73 Å². The van der Waals surface area contributed by atoms with E-state index in [0.717, 1.165) is 37.3 Å². The predicted molar refractivity (Wildman–Crippen MR) is 102 cm³/mol. The second-order valence-electron chi connectivity index (χ2n) is 7.23. The van der Waals surface area contributed by atoms with Crippen LogP contribution in [0.2, 0.25) is 0 Å². The lowest BCUT2D eigenvalue weighted by molar-refractivity contribution is 0.00271. The first kappa shape index (κ1) is 17.9. The third-order valence-electron chi connectivity index (χ3n) is 5.57. The topological polar surface area (TPSA) is 75.0 Å². The first-order valence-electron chi connectivity index (χ1n) is 9.66. The molecule has 0 bridgehead atoms. The summed E-state index contributed by atoms with van der Waals surface area (Å²) in [5.74, 6) is 0.592. The number of H-pyrrole nitrogens is 1. The Bertz CT molecular complexity index is 724. The lowest BCUT2D eigenvalue weighted by Crippen LogP contribution is -2.52. The highest BCUT2D eigenvalue weighted by atomic mass is 16.1. The number of hydrogen-bond acceptors (Lipinski definition) is 3. The summed E-state index contributed by atoms with van der Waals surface area (Å²) in [5, 5.41) is 0. The molecule has 3 rings (SSSR count). The third kappa shape index (κ3) is 3.30. The zero-order chi connectivity index (χ0) is 17.9. The van der Waals surface area contributed by atoms with Crippen molar-refractivity contribution in [2.45, 2.75) is 64.3 Å². The molecule has 5 nitrogen and oxygen atoms in total. The number of aromatic amines is 1. The first-order chi connectivity index (χ1) is 12.1. The Morgan fingerprint density at radius 1 is 1.24 bits per heavy atom. The number of aromatic nitrogens is 2. The minimum atomic E-state index is -0.417. The minimum Gasteiger partial charge on any atom is -0.366 e. The van der Waals surface area contributed by atoms with Gasteiger partial charge in [-0.25, -0.2) is 4.98 Å². The second kappa shape index (κ2) is 7.56. The van der Waals surface area contributed by atoms with Crippen LogP contribution in [0, 0.1) is 0 Å². The molecule has 1 aliphatic carbocycles. The Morgan fingerprint density at radius 3 is 2.44 bits per heavy atom. The van der Waals surface area contributed by atoms with Crippen molar-refractivity contribution < 1.29 is 4.79 Å². The van der Waals surface area contributed by atoms with Crippen LogP contribution in [0.15, 0.2) is 18.2 Å². The van der Waals surface area contributed by atoms with Gasteiger partial charge in [0.1, 0.15) is 11.3 Å². The fourth-order valence-corrected chi connectivity index (χ4v) is 3.90. The van der Waals surface area contributed by atoms with Gasteiger partial charge in [0.05, 0.1) is 16.6 Å². The van der Waals surface area contributed by atoms with Crippen LogP contribution in [-0.4, -0.2) is 33.9 Å². The molecule has 2 aromatic rings. The lowest BCUT2D eigenvalue weighted by atomic mass is 9.74. The van der Waals surface area contributed by atoms with Crippen LogP contribution in [0.3, 0.4) is 0 Å². The molecule has 0 radical (unpaired) electrons. The number of nitrogens with one attached hydrogen (secondary N) is 1. The van der Waals surface area contributed by atoms with E-state index in [9.17, 15) is 4.79 Å². The van der Waals surface area contributed by atoms with Crippen LogP contribution in [0.1, 0.15) is 75.0 Å². The van der Waals surface area contributed by atoms with Crippen LogP contribution in [0.5, 0.6) is 0 Å². The van der Waals surface area contributed by atoms with Gasteiger partial charge in [-0.3, -0.25) is 9.69 Å². The summed E-state index contributed by atoms with van der Waals surface area (Å²) in [6.45, 7) is 6.70. The number of nitrogens with zero attached hydrogens (tertiary/aromatic N) is 2. The standard InChI is InChI=1S/C20H30N4O/c1-3-5-13-24(14-6-4-2)20(11-8-12-20)19-22-16-10-7-9-15(18(21)25)17(16)23-19/h7,9-10H,3-6,8,11-14H2,1-2H3,(H2,21,25)(H,22,23). The van der Waals surface area contributed by atoms with Crippen LogP contribution in [-0.2, 0) is 5.54 Å². The summed E-state index contributed by atoms with van der Waals surface area (Å²) in [4.78, 5) is 22.7. The molecule has 0 atom stereocenters. The Morgan fingerprint density at radius 2 is 1.92 bits per heavy atom. The molecule has 1 saturated carbocycles.